The van der Waals surface area contributed by atoms with E-state index in [1.807, 2.05) is 37.3 Å². The van der Waals surface area contributed by atoms with E-state index in [0.29, 0.717) is 18.1 Å². The number of rotatable bonds is 7. The van der Waals surface area contributed by atoms with Gasteiger partial charge in [-0.1, -0.05) is 36.4 Å². The van der Waals surface area contributed by atoms with Gasteiger partial charge in [-0.3, -0.25) is 4.79 Å². The summed E-state index contributed by atoms with van der Waals surface area (Å²) in [7, 11) is 3.33. The smallest absolute Gasteiger partial charge is 0.243 e. The molecule has 0 aliphatic rings. The molecule has 0 fully saturated rings. The third kappa shape index (κ3) is 6.64. The molecule has 0 saturated heterocycles. The number of nitrogens with one attached hydrogen (secondary N) is 2. The molecule has 2 N–H and O–H groups in total. The number of likely N-dealkylation sites (N-methyl/N-ethyl adjacent to an activating group) is 1. The minimum absolute atomic E-state index is 0.0157. The molecule has 2 aromatic carbocycles. The second kappa shape index (κ2) is 10.4. The quantitative estimate of drug-likeness (QED) is 0.567. The second-order valence-corrected chi connectivity index (χ2v) is 6.65. The summed E-state index contributed by atoms with van der Waals surface area (Å²) in [6, 6.07) is 13.4. The first-order chi connectivity index (χ1) is 13.4. The van der Waals surface area contributed by atoms with Crippen molar-refractivity contribution in [1.29, 1.82) is 0 Å². The highest BCUT2D eigenvalue weighted by atomic mass is 19.2. The molecule has 0 heterocycles. The van der Waals surface area contributed by atoms with Crippen LogP contribution in [0.4, 0.5) is 8.78 Å². The Balaban J connectivity index is 2.04. The van der Waals surface area contributed by atoms with Crippen molar-refractivity contribution in [1.82, 2.24) is 15.5 Å². The monoisotopic (exact) mass is 388 g/mol. The van der Waals surface area contributed by atoms with Crippen LogP contribution >= 0.6 is 0 Å². The normalized spacial score (nSPS) is 12.4. The van der Waals surface area contributed by atoms with Crippen LogP contribution in [0.15, 0.2) is 53.5 Å². The fourth-order valence-electron chi connectivity index (χ4n) is 2.48. The predicted octanol–water partition coefficient (Wildman–Crippen LogP) is 2.89. The standard InChI is InChI=1S/C21H26F2N4O/c1-15(17-9-10-18(22)19(23)13-17)26-21(25-14-20(28)27(2)3)24-12-11-16-7-5-4-6-8-16/h4-10,13,15H,11-12,14H2,1-3H3,(H2,24,25,26). The molecule has 0 spiro atoms. The summed E-state index contributed by atoms with van der Waals surface area (Å²) in [6.45, 7) is 2.41. The summed E-state index contributed by atoms with van der Waals surface area (Å²) in [6.07, 6.45) is 0.780. The van der Waals surface area contributed by atoms with Gasteiger partial charge >= 0.3 is 0 Å². The number of hydrogen-bond acceptors (Lipinski definition) is 2. The highest BCUT2D eigenvalue weighted by Gasteiger charge is 2.12. The molecule has 28 heavy (non-hydrogen) atoms. The van der Waals surface area contributed by atoms with Crippen molar-refractivity contribution in [2.75, 3.05) is 27.2 Å². The summed E-state index contributed by atoms with van der Waals surface area (Å²) in [5, 5.41) is 6.33. The molecule has 0 radical (unpaired) electrons. The third-order valence-corrected chi connectivity index (χ3v) is 4.22. The Morgan fingerprint density at radius 1 is 1.11 bits per heavy atom. The van der Waals surface area contributed by atoms with Gasteiger partial charge in [0.15, 0.2) is 17.6 Å². The van der Waals surface area contributed by atoms with E-state index in [9.17, 15) is 13.6 Å². The highest BCUT2D eigenvalue weighted by Crippen LogP contribution is 2.15. The van der Waals surface area contributed by atoms with Gasteiger partial charge in [0.05, 0.1) is 6.04 Å². The van der Waals surface area contributed by atoms with Gasteiger partial charge in [-0.2, -0.15) is 0 Å². The number of benzene rings is 2. The van der Waals surface area contributed by atoms with E-state index >= 15 is 0 Å². The fraction of sp³-hybridized carbons (Fsp3) is 0.333. The first kappa shape index (κ1) is 21.3. The fourth-order valence-corrected chi connectivity index (χ4v) is 2.48. The zero-order chi connectivity index (χ0) is 20.5. The van der Waals surface area contributed by atoms with Gasteiger partial charge in [0.2, 0.25) is 5.91 Å². The zero-order valence-corrected chi connectivity index (χ0v) is 16.4. The van der Waals surface area contributed by atoms with Crippen LogP contribution in [0.5, 0.6) is 0 Å². The average molecular weight is 388 g/mol. The van der Waals surface area contributed by atoms with Crippen LogP contribution in [-0.2, 0) is 11.2 Å². The number of carbonyl (C=O) groups is 1. The van der Waals surface area contributed by atoms with Crippen LogP contribution < -0.4 is 10.6 Å². The SMILES string of the molecule is CC(NC(=NCC(=O)N(C)C)NCCc1ccccc1)c1ccc(F)c(F)c1. The minimum atomic E-state index is -0.899. The summed E-state index contributed by atoms with van der Waals surface area (Å²) >= 11 is 0. The minimum Gasteiger partial charge on any atom is -0.356 e. The molecule has 150 valence electrons. The molecule has 0 aromatic heterocycles. The van der Waals surface area contributed by atoms with E-state index in [-0.39, 0.29) is 18.5 Å². The maximum atomic E-state index is 13.5. The van der Waals surface area contributed by atoms with Gasteiger partial charge in [0.1, 0.15) is 6.54 Å². The molecule has 0 saturated carbocycles. The summed E-state index contributed by atoms with van der Waals surface area (Å²) in [5.74, 6) is -1.49. The van der Waals surface area contributed by atoms with Crippen molar-refractivity contribution in [3.05, 3.63) is 71.3 Å². The molecule has 0 aliphatic heterocycles. The maximum Gasteiger partial charge on any atom is 0.243 e. The van der Waals surface area contributed by atoms with Gasteiger partial charge in [-0.05, 0) is 36.6 Å². The molecular weight excluding hydrogens is 362 g/mol. The molecule has 2 aromatic rings. The molecule has 7 heteroatoms. The van der Waals surface area contributed by atoms with E-state index in [2.05, 4.69) is 15.6 Å². The largest absolute Gasteiger partial charge is 0.356 e. The van der Waals surface area contributed by atoms with E-state index in [1.165, 1.54) is 16.5 Å². The van der Waals surface area contributed by atoms with Gasteiger partial charge in [-0.25, -0.2) is 13.8 Å². The van der Waals surface area contributed by atoms with Crippen LogP contribution in [0.3, 0.4) is 0 Å². The molecule has 1 amide bonds. The number of hydrogen-bond donors (Lipinski definition) is 2. The van der Waals surface area contributed by atoms with Gasteiger partial charge < -0.3 is 15.5 Å². The van der Waals surface area contributed by atoms with Crippen molar-refractivity contribution in [2.24, 2.45) is 4.99 Å². The second-order valence-electron chi connectivity index (χ2n) is 6.65. The highest BCUT2D eigenvalue weighted by molar-refractivity contribution is 5.85. The van der Waals surface area contributed by atoms with Crippen LogP contribution in [0.1, 0.15) is 24.1 Å². The van der Waals surface area contributed by atoms with Gasteiger partial charge in [0, 0.05) is 20.6 Å². The Hall–Kier alpha value is -2.96. The predicted molar refractivity (Wildman–Crippen MR) is 107 cm³/mol. The Labute approximate surface area is 164 Å². The molecule has 1 atom stereocenters. The van der Waals surface area contributed by atoms with Crippen molar-refractivity contribution in [3.8, 4) is 0 Å². The number of nitrogens with zero attached hydrogens (tertiary/aromatic N) is 2. The molecular formula is C21H26F2N4O. The molecule has 1 unspecified atom stereocenters. The van der Waals surface area contributed by atoms with E-state index in [4.69, 9.17) is 0 Å². The topological polar surface area (TPSA) is 56.7 Å². The van der Waals surface area contributed by atoms with E-state index < -0.39 is 11.6 Å². The Kier molecular flexibility index (Phi) is 7.92. The van der Waals surface area contributed by atoms with Crippen LogP contribution in [0, 0.1) is 11.6 Å². The lowest BCUT2D eigenvalue weighted by molar-refractivity contribution is -0.127. The van der Waals surface area contributed by atoms with Crippen molar-refractivity contribution < 1.29 is 13.6 Å². The molecule has 2 rings (SSSR count). The van der Waals surface area contributed by atoms with E-state index in [0.717, 1.165) is 18.6 Å². The summed E-state index contributed by atoms with van der Waals surface area (Å²) in [5.41, 5.74) is 1.75. The van der Waals surface area contributed by atoms with Crippen LogP contribution in [0.25, 0.3) is 0 Å². The number of halogens is 2. The summed E-state index contributed by atoms with van der Waals surface area (Å²) < 4.78 is 26.7. The first-order valence-electron chi connectivity index (χ1n) is 9.10. The Bertz CT molecular complexity index is 809. The lowest BCUT2D eigenvalue weighted by Gasteiger charge is -2.19. The lowest BCUT2D eigenvalue weighted by atomic mass is 10.1. The Morgan fingerprint density at radius 3 is 2.46 bits per heavy atom. The third-order valence-electron chi connectivity index (χ3n) is 4.22. The number of guanidine groups is 1. The molecule has 0 aliphatic carbocycles. The number of amides is 1. The van der Waals surface area contributed by atoms with Crippen LogP contribution in [0.2, 0.25) is 0 Å². The van der Waals surface area contributed by atoms with Crippen molar-refractivity contribution in [2.45, 2.75) is 19.4 Å². The van der Waals surface area contributed by atoms with E-state index in [1.54, 1.807) is 14.1 Å². The lowest BCUT2D eigenvalue weighted by Crippen LogP contribution is -2.40. The number of aliphatic imine (C=N–C) groups is 1. The van der Waals surface area contributed by atoms with Crippen LogP contribution in [-0.4, -0.2) is 44.0 Å². The zero-order valence-electron chi connectivity index (χ0n) is 16.4. The molecule has 0 bridgehead atoms. The van der Waals surface area contributed by atoms with Crippen molar-refractivity contribution in [3.63, 3.8) is 0 Å². The first-order valence-corrected chi connectivity index (χ1v) is 9.10. The summed E-state index contributed by atoms with van der Waals surface area (Å²) in [4.78, 5) is 17.6. The van der Waals surface area contributed by atoms with Crippen molar-refractivity contribution >= 4 is 11.9 Å². The molecule has 5 nitrogen and oxygen atoms in total. The number of carbonyl (C=O) groups excluding carboxylic acids is 1. The average Bonchev–Trinajstić information content (AvgIpc) is 2.68. The maximum absolute atomic E-state index is 13.5. The van der Waals surface area contributed by atoms with Gasteiger partial charge in [-0.15, -0.1) is 0 Å². The van der Waals surface area contributed by atoms with Gasteiger partial charge in [0.25, 0.3) is 0 Å². The Morgan fingerprint density at radius 2 is 1.82 bits per heavy atom.